The van der Waals surface area contributed by atoms with Crippen LogP contribution < -0.4 is 5.43 Å². The van der Waals surface area contributed by atoms with E-state index in [0.29, 0.717) is 5.56 Å². The molecule has 2 aromatic rings. The number of non-ortho nitro benzene ring substituents is 1. The average molecular weight is 255 g/mol. The number of hydrogen-bond donors (Lipinski definition) is 1. The zero-order valence-electron chi connectivity index (χ0n) is 10.4. The molecule has 0 aliphatic carbocycles. The lowest BCUT2D eigenvalue weighted by atomic mass is 10.2. The number of nitro benzene ring substituents is 1. The topological polar surface area (TPSA) is 67.5 Å². The molecule has 19 heavy (non-hydrogen) atoms. The van der Waals surface area contributed by atoms with Crippen molar-refractivity contribution in [1.29, 1.82) is 0 Å². The van der Waals surface area contributed by atoms with Crippen molar-refractivity contribution in [3.63, 3.8) is 0 Å². The van der Waals surface area contributed by atoms with E-state index in [2.05, 4.69) is 10.5 Å². The van der Waals surface area contributed by atoms with Gasteiger partial charge in [-0.25, -0.2) is 0 Å². The molecule has 0 saturated heterocycles. The number of hydrazone groups is 1. The molecule has 0 fully saturated rings. The maximum absolute atomic E-state index is 10.6. The van der Waals surface area contributed by atoms with Crippen LogP contribution in [-0.2, 0) is 0 Å². The summed E-state index contributed by atoms with van der Waals surface area (Å²) in [6.07, 6.45) is 1.56. The van der Waals surface area contributed by atoms with Gasteiger partial charge in [0.05, 0.1) is 16.8 Å². The second kappa shape index (κ2) is 5.77. The lowest BCUT2D eigenvalue weighted by Crippen LogP contribution is -1.94. The maximum Gasteiger partial charge on any atom is 0.270 e. The van der Waals surface area contributed by atoms with Gasteiger partial charge in [-0.05, 0) is 18.6 Å². The first-order valence-corrected chi connectivity index (χ1v) is 5.76. The Bertz CT molecular complexity index is 624. The molecule has 0 spiro atoms. The third kappa shape index (κ3) is 3.38. The largest absolute Gasteiger partial charge is 0.278 e. The van der Waals surface area contributed by atoms with Gasteiger partial charge in [0.2, 0.25) is 0 Å². The monoisotopic (exact) mass is 255 g/mol. The summed E-state index contributed by atoms with van der Waals surface area (Å²) >= 11 is 0. The number of anilines is 1. The third-order valence-electron chi connectivity index (χ3n) is 2.62. The van der Waals surface area contributed by atoms with Gasteiger partial charge in [0.25, 0.3) is 5.69 Å². The lowest BCUT2D eigenvalue weighted by molar-refractivity contribution is -0.384. The SMILES string of the molecule is Cc1ccccc1N/N=C\c1cccc([N+](=O)[O-])c1. The summed E-state index contributed by atoms with van der Waals surface area (Å²) in [6, 6.07) is 14.1. The highest BCUT2D eigenvalue weighted by molar-refractivity contribution is 5.81. The smallest absolute Gasteiger partial charge is 0.270 e. The van der Waals surface area contributed by atoms with Gasteiger partial charge in [0, 0.05) is 17.7 Å². The van der Waals surface area contributed by atoms with E-state index in [4.69, 9.17) is 0 Å². The Morgan fingerprint density at radius 2 is 2.00 bits per heavy atom. The second-order valence-corrected chi connectivity index (χ2v) is 4.04. The lowest BCUT2D eigenvalue weighted by Gasteiger charge is -2.03. The fraction of sp³-hybridized carbons (Fsp3) is 0.0714. The van der Waals surface area contributed by atoms with Crippen LogP contribution in [0.4, 0.5) is 11.4 Å². The number of nitro groups is 1. The molecule has 0 aliphatic rings. The molecule has 2 rings (SSSR count). The van der Waals surface area contributed by atoms with Gasteiger partial charge < -0.3 is 0 Å². The molecule has 0 amide bonds. The highest BCUT2D eigenvalue weighted by Gasteiger charge is 2.03. The molecule has 5 heteroatoms. The summed E-state index contributed by atoms with van der Waals surface area (Å²) in [5.74, 6) is 0. The van der Waals surface area contributed by atoms with Crippen molar-refractivity contribution >= 4 is 17.6 Å². The first-order chi connectivity index (χ1) is 9.16. The van der Waals surface area contributed by atoms with Gasteiger partial charge in [0.15, 0.2) is 0 Å². The van der Waals surface area contributed by atoms with E-state index in [0.717, 1.165) is 11.3 Å². The Kier molecular flexibility index (Phi) is 3.87. The normalized spacial score (nSPS) is 10.6. The number of para-hydroxylation sites is 1. The Morgan fingerprint density at radius 1 is 1.21 bits per heavy atom. The van der Waals surface area contributed by atoms with Crippen molar-refractivity contribution in [1.82, 2.24) is 0 Å². The number of nitrogens with zero attached hydrogens (tertiary/aromatic N) is 2. The van der Waals surface area contributed by atoms with Crippen molar-refractivity contribution < 1.29 is 4.92 Å². The van der Waals surface area contributed by atoms with Crippen LogP contribution >= 0.6 is 0 Å². The van der Waals surface area contributed by atoms with E-state index >= 15 is 0 Å². The molecule has 0 aromatic heterocycles. The van der Waals surface area contributed by atoms with Gasteiger partial charge in [-0.15, -0.1) is 0 Å². The molecule has 0 radical (unpaired) electrons. The molecule has 0 bridgehead atoms. The zero-order chi connectivity index (χ0) is 13.7. The van der Waals surface area contributed by atoms with E-state index in [1.54, 1.807) is 18.3 Å². The molecule has 5 nitrogen and oxygen atoms in total. The van der Waals surface area contributed by atoms with Crippen LogP contribution in [0.1, 0.15) is 11.1 Å². The number of hydrogen-bond acceptors (Lipinski definition) is 4. The fourth-order valence-corrected chi connectivity index (χ4v) is 1.59. The summed E-state index contributed by atoms with van der Waals surface area (Å²) in [5.41, 5.74) is 5.63. The van der Waals surface area contributed by atoms with Crippen LogP contribution in [-0.4, -0.2) is 11.1 Å². The molecule has 1 N–H and O–H groups in total. The average Bonchev–Trinajstić information content (AvgIpc) is 2.41. The number of nitrogens with one attached hydrogen (secondary N) is 1. The molecule has 0 aliphatic heterocycles. The highest BCUT2D eigenvalue weighted by Crippen LogP contribution is 2.14. The predicted octanol–water partition coefficient (Wildman–Crippen LogP) is 3.35. The van der Waals surface area contributed by atoms with E-state index in [1.165, 1.54) is 12.1 Å². The van der Waals surface area contributed by atoms with Crippen LogP contribution in [0.3, 0.4) is 0 Å². The second-order valence-electron chi connectivity index (χ2n) is 4.04. The van der Waals surface area contributed by atoms with Gasteiger partial charge >= 0.3 is 0 Å². The number of benzene rings is 2. The van der Waals surface area contributed by atoms with Crippen molar-refractivity contribution in [3.05, 3.63) is 69.8 Å². The van der Waals surface area contributed by atoms with Crippen molar-refractivity contribution in [2.75, 3.05) is 5.43 Å². The summed E-state index contributed by atoms with van der Waals surface area (Å²) in [4.78, 5) is 10.2. The minimum atomic E-state index is -0.424. The standard InChI is InChI=1S/C14H13N3O2/c1-11-5-2-3-8-14(11)16-15-10-12-6-4-7-13(9-12)17(18)19/h2-10,16H,1H3/b15-10-. The molecule has 0 heterocycles. The molecule has 96 valence electrons. The third-order valence-corrected chi connectivity index (χ3v) is 2.62. The Labute approximate surface area is 110 Å². The summed E-state index contributed by atoms with van der Waals surface area (Å²) in [7, 11) is 0. The summed E-state index contributed by atoms with van der Waals surface area (Å²) < 4.78 is 0. The first-order valence-electron chi connectivity index (χ1n) is 5.76. The van der Waals surface area contributed by atoms with Crippen LogP contribution in [0.5, 0.6) is 0 Å². The van der Waals surface area contributed by atoms with Crippen molar-refractivity contribution in [2.45, 2.75) is 6.92 Å². The van der Waals surface area contributed by atoms with Crippen LogP contribution in [0.25, 0.3) is 0 Å². The predicted molar refractivity (Wildman–Crippen MR) is 75.5 cm³/mol. The van der Waals surface area contributed by atoms with Crippen LogP contribution in [0.2, 0.25) is 0 Å². The number of aryl methyl sites for hydroxylation is 1. The van der Waals surface area contributed by atoms with E-state index in [1.807, 2.05) is 31.2 Å². The van der Waals surface area contributed by atoms with E-state index in [-0.39, 0.29) is 5.69 Å². The zero-order valence-corrected chi connectivity index (χ0v) is 10.4. The molecule has 0 unspecified atom stereocenters. The highest BCUT2D eigenvalue weighted by atomic mass is 16.6. The Hall–Kier alpha value is -2.69. The number of rotatable bonds is 4. The van der Waals surface area contributed by atoms with Gasteiger partial charge in [-0.3, -0.25) is 15.5 Å². The first kappa shape index (κ1) is 12.8. The van der Waals surface area contributed by atoms with E-state index in [9.17, 15) is 10.1 Å². The van der Waals surface area contributed by atoms with Crippen LogP contribution in [0, 0.1) is 17.0 Å². The summed E-state index contributed by atoms with van der Waals surface area (Å²) in [6.45, 7) is 1.98. The minimum absolute atomic E-state index is 0.0554. The van der Waals surface area contributed by atoms with Gasteiger partial charge in [-0.1, -0.05) is 30.3 Å². The molecule has 2 aromatic carbocycles. The molecular formula is C14H13N3O2. The molecular weight excluding hydrogens is 242 g/mol. The molecule has 0 saturated carbocycles. The van der Waals surface area contributed by atoms with Gasteiger partial charge in [0.1, 0.15) is 0 Å². The van der Waals surface area contributed by atoms with Crippen LogP contribution in [0.15, 0.2) is 53.6 Å². The fourth-order valence-electron chi connectivity index (χ4n) is 1.59. The van der Waals surface area contributed by atoms with Crippen molar-refractivity contribution in [3.8, 4) is 0 Å². The molecule has 0 atom stereocenters. The van der Waals surface area contributed by atoms with Gasteiger partial charge in [-0.2, -0.15) is 5.10 Å². The Balaban J connectivity index is 2.09. The minimum Gasteiger partial charge on any atom is -0.278 e. The van der Waals surface area contributed by atoms with Crippen molar-refractivity contribution in [2.24, 2.45) is 5.10 Å². The summed E-state index contributed by atoms with van der Waals surface area (Å²) in [5, 5.41) is 14.7. The van der Waals surface area contributed by atoms with E-state index < -0.39 is 4.92 Å². The Morgan fingerprint density at radius 3 is 2.74 bits per heavy atom. The maximum atomic E-state index is 10.6. The quantitative estimate of drug-likeness (QED) is 0.517.